The SMILES string of the molecule is C=CCc1cccc(OC)c1F. The first-order valence-corrected chi connectivity index (χ1v) is 3.72. The first-order chi connectivity index (χ1) is 5.79. The minimum absolute atomic E-state index is 0.286. The molecule has 0 fully saturated rings. The van der Waals surface area contributed by atoms with E-state index in [0.29, 0.717) is 12.0 Å². The summed E-state index contributed by atoms with van der Waals surface area (Å²) >= 11 is 0. The molecule has 0 saturated heterocycles. The van der Waals surface area contributed by atoms with Crippen LogP contribution in [0.15, 0.2) is 30.9 Å². The van der Waals surface area contributed by atoms with Crippen molar-refractivity contribution in [3.05, 3.63) is 42.2 Å². The predicted molar refractivity (Wildman–Crippen MR) is 46.9 cm³/mol. The molecule has 0 N–H and O–H groups in total. The molecular formula is C10H11FO. The number of halogens is 1. The van der Waals surface area contributed by atoms with Crippen LogP contribution in [0.2, 0.25) is 0 Å². The molecule has 0 unspecified atom stereocenters. The first-order valence-electron chi connectivity index (χ1n) is 3.72. The van der Waals surface area contributed by atoms with Crippen LogP contribution < -0.4 is 4.74 Å². The monoisotopic (exact) mass is 166 g/mol. The Morgan fingerprint density at radius 2 is 2.33 bits per heavy atom. The van der Waals surface area contributed by atoms with E-state index in [2.05, 4.69) is 6.58 Å². The molecule has 64 valence electrons. The second-order valence-corrected chi connectivity index (χ2v) is 2.43. The highest BCUT2D eigenvalue weighted by atomic mass is 19.1. The maximum atomic E-state index is 13.3. The lowest BCUT2D eigenvalue weighted by molar-refractivity contribution is 0.384. The Morgan fingerprint density at radius 3 is 2.92 bits per heavy atom. The molecule has 0 radical (unpaired) electrons. The van der Waals surface area contributed by atoms with E-state index in [1.807, 2.05) is 0 Å². The molecule has 1 aromatic carbocycles. The Hall–Kier alpha value is -1.31. The van der Waals surface area contributed by atoms with Crippen molar-refractivity contribution in [3.8, 4) is 5.75 Å². The molecule has 0 spiro atoms. The minimum Gasteiger partial charge on any atom is -0.494 e. The maximum absolute atomic E-state index is 13.3. The van der Waals surface area contributed by atoms with E-state index in [-0.39, 0.29) is 11.6 Å². The van der Waals surface area contributed by atoms with Crippen molar-refractivity contribution in [2.45, 2.75) is 6.42 Å². The highest BCUT2D eigenvalue weighted by molar-refractivity contribution is 5.31. The standard InChI is InChI=1S/C10H11FO/c1-3-5-8-6-4-7-9(12-2)10(8)11/h3-4,6-7H,1,5H2,2H3. The van der Waals surface area contributed by atoms with Crippen molar-refractivity contribution in [1.82, 2.24) is 0 Å². The van der Waals surface area contributed by atoms with Crippen LogP contribution in [0, 0.1) is 5.82 Å². The van der Waals surface area contributed by atoms with E-state index in [4.69, 9.17) is 4.74 Å². The molecule has 1 rings (SSSR count). The molecule has 0 atom stereocenters. The highest BCUT2D eigenvalue weighted by Gasteiger charge is 2.05. The topological polar surface area (TPSA) is 9.23 Å². The number of rotatable bonds is 3. The van der Waals surface area contributed by atoms with Crippen LogP contribution in [-0.4, -0.2) is 7.11 Å². The van der Waals surface area contributed by atoms with Gasteiger partial charge in [0.05, 0.1) is 7.11 Å². The molecule has 0 aliphatic carbocycles. The van der Waals surface area contributed by atoms with Crippen LogP contribution >= 0.6 is 0 Å². The van der Waals surface area contributed by atoms with Gasteiger partial charge in [-0.1, -0.05) is 18.2 Å². The van der Waals surface area contributed by atoms with Gasteiger partial charge in [-0.25, -0.2) is 4.39 Å². The molecule has 12 heavy (non-hydrogen) atoms. The summed E-state index contributed by atoms with van der Waals surface area (Å²) in [5.74, 6) is -0.00532. The molecule has 0 aromatic heterocycles. The van der Waals surface area contributed by atoms with Crippen molar-refractivity contribution in [3.63, 3.8) is 0 Å². The molecule has 0 saturated carbocycles. The van der Waals surface area contributed by atoms with E-state index in [0.717, 1.165) is 0 Å². The zero-order chi connectivity index (χ0) is 8.97. The lowest BCUT2D eigenvalue weighted by atomic mass is 10.1. The molecular weight excluding hydrogens is 155 g/mol. The molecule has 2 heteroatoms. The van der Waals surface area contributed by atoms with Crippen LogP contribution in [0.25, 0.3) is 0 Å². The van der Waals surface area contributed by atoms with Crippen molar-refractivity contribution < 1.29 is 9.13 Å². The molecule has 0 bridgehead atoms. The largest absolute Gasteiger partial charge is 0.494 e. The lowest BCUT2D eigenvalue weighted by Crippen LogP contribution is -1.93. The summed E-state index contributed by atoms with van der Waals surface area (Å²) in [6.45, 7) is 3.55. The zero-order valence-electron chi connectivity index (χ0n) is 7.01. The van der Waals surface area contributed by atoms with Gasteiger partial charge in [-0.2, -0.15) is 0 Å². The predicted octanol–water partition coefficient (Wildman–Crippen LogP) is 2.56. The summed E-state index contributed by atoms with van der Waals surface area (Å²) in [4.78, 5) is 0. The number of methoxy groups -OCH3 is 1. The van der Waals surface area contributed by atoms with Gasteiger partial charge in [0.15, 0.2) is 11.6 Å². The molecule has 0 amide bonds. The summed E-state index contributed by atoms with van der Waals surface area (Å²) in [6.07, 6.45) is 2.20. The van der Waals surface area contributed by atoms with E-state index >= 15 is 0 Å². The van der Waals surface area contributed by atoms with E-state index in [9.17, 15) is 4.39 Å². The van der Waals surface area contributed by atoms with Gasteiger partial charge >= 0.3 is 0 Å². The van der Waals surface area contributed by atoms with Crippen molar-refractivity contribution in [2.24, 2.45) is 0 Å². The number of allylic oxidation sites excluding steroid dienone is 1. The Kier molecular flexibility index (Phi) is 2.86. The summed E-state index contributed by atoms with van der Waals surface area (Å²) in [5, 5.41) is 0. The lowest BCUT2D eigenvalue weighted by Gasteiger charge is -2.04. The minimum atomic E-state index is -0.292. The fourth-order valence-corrected chi connectivity index (χ4v) is 1.03. The van der Waals surface area contributed by atoms with Crippen molar-refractivity contribution >= 4 is 0 Å². The normalized spacial score (nSPS) is 9.50. The van der Waals surface area contributed by atoms with Gasteiger partial charge in [0.2, 0.25) is 0 Å². The third kappa shape index (κ3) is 1.64. The molecule has 1 aromatic rings. The number of hydrogen-bond acceptors (Lipinski definition) is 1. The first kappa shape index (κ1) is 8.78. The van der Waals surface area contributed by atoms with Crippen molar-refractivity contribution in [1.29, 1.82) is 0 Å². The third-order valence-corrected chi connectivity index (χ3v) is 1.63. The van der Waals surface area contributed by atoms with Gasteiger partial charge in [-0.15, -0.1) is 6.58 Å². The maximum Gasteiger partial charge on any atom is 0.168 e. The summed E-state index contributed by atoms with van der Waals surface area (Å²) in [6, 6.07) is 5.09. The quantitative estimate of drug-likeness (QED) is 0.627. The number of ether oxygens (including phenoxy) is 1. The highest BCUT2D eigenvalue weighted by Crippen LogP contribution is 2.20. The Balaban J connectivity index is 3.04. The van der Waals surface area contributed by atoms with Crippen LogP contribution in [-0.2, 0) is 6.42 Å². The van der Waals surface area contributed by atoms with Crippen LogP contribution in [0.1, 0.15) is 5.56 Å². The Labute approximate surface area is 71.5 Å². The Bertz CT molecular complexity index is 281. The van der Waals surface area contributed by atoms with E-state index in [1.54, 1.807) is 24.3 Å². The van der Waals surface area contributed by atoms with Gasteiger partial charge < -0.3 is 4.74 Å². The third-order valence-electron chi connectivity index (χ3n) is 1.63. The summed E-state index contributed by atoms with van der Waals surface area (Å²) in [7, 11) is 1.45. The number of hydrogen-bond donors (Lipinski definition) is 0. The van der Waals surface area contributed by atoms with Crippen molar-refractivity contribution in [2.75, 3.05) is 7.11 Å². The van der Waals surface area contributed by atoms with Gasteiger partial charge in [0, 0.05) is 0 Å². The van der Waals surface area contributed by atoms with Gasteiger partial charge in [0.1, 0.15) is 0 Å². The smallest absolute Gasteiger partial charge is 0.168 e. The fraction of sp³-hybridized carbons (Fsp3) is 0.200. The van der Waals surface area contributed by atoms with Crippen LogP contribution in [0.3, 0.4) is 0 Å². The second kappa shape index (κ2) is 3.90. The van der Waals surface area contributed by atoms with Gasteiger partial charge in [0.25, 0.3) is 0 Å². The summed E-state index contributed by atoms with van der Waals surface area (Å²) in [5.41, 5.74) is 0.615. The average molecular weight is 166 g/mol. The Morgan fingerprint density at radius 1 is 1.58 bits per heavy atom. The van der Waals surface area contributed by atoms with Gasteiger partial charge in [-0.3, -0.25) is 0 Å². The van der Waals surface area contributed by atoms with E-state index < -0.39 is 0 Å². The molecule has 1 nitrogen and oxygen atoms in total. The summed E-state index contributed by atoms with van der Waals surface area (Å²) < 4.78 is 18.1. The number of benzene rings is 1. The molecule has 0 aliphatic heterocycles. The van der Waals surface area contributed by atoms with Crippen LogP contribution in [0.5, 0.6) is 5.75 Å². The van der Waals surface area contributed by atoms with Gasteiger partial charge in [-0.05, 0) is 18.1 Å². The second-order valence-electron chi connectivity index (χ2n) is 2.43. The van der Waals surface area contributed by atoms with Crippen LogP contribution in [0.4, 0.5) is 4.39 Å². The average Bonchev–Trinajstić information content (AvgIpc) is 2.09. The molecule has 0 heterocycles. The fourth-order valence-electron chi connectivity index (χ4n) is 1.03. The molecule has 0 aliphatic rings. The van der Waals surface area contributed by atoms with E-state index in [1.165, 1.54) is 7.11 Å². The zero-order valence-corrected chi connectivity index (χ0v) is 7.01.